The fourth-order valence-electron chi connectivity index (χ4n) is 2.67. The molecule has 10 heteroatoms. The first kappa shape index (κ1) is 26.2. The van der Waals surface area contributed by atoms with E-state index in [2.05, 4.69) is 15.8 Å². The van der Waals surface area contributed by atoms with E-state index in [4.69, 9.17) is 32.7 Å². The highest BCUT2D eigenvalue weighted by Crippen LogP contribution is 2.22. The molecule has 2 N–H and O–H groups in total. The fraction of sp³-hybridized carbons (Fsp3) is 0.304. The minimum Gasteiger partial charge on any atom is -0.482 e. The molecule has 2 amide bonds. The normalized spacial score (nSPS) is 11.8. The number of hydrogen-bond acceptors (Lipinski definition) is 6. The first-order chi connectivity index (χ1) is 15.7. The van der Waals surface area contributed by atoms with Gasteiger partial charge in [0.15, 0.2) is 6.61 Å². The molecule has 0 saturated heterocycles. The van der Waals surface area contributed by atoms with Crippen molar-refractivity contribution in [1.29, 1.82) is 0 Å². The van der Waals surface area contributed by atoms with Gasteiger partial charge < -0.3 is 14.8 Å². The lowest BCUT2D eigenvalue weighted by molar-refractivity contribution is -0.145. The smallest absolute Gasteiger partial charge is 0.344 e. The van der Waals surface area contributed by atoms with Crippen LogP contribution in [0.5, 0.6) is 5.75 Å². The van der Waals surface area contributed by atoms with Gasteiger partial charge in [-0.1, -0.05) is 49.2 Å². The molecule has 2 rings (SSSR count). The molecule has 0 aliphatic carbocycles. The van der Waals surface area contributed by atoms with Crippen LogP contribution in [0.15, 0.2) is 47.6 Å². The number of carbonyl (C=O) groups is 3. The van der Waals surface area contributed by atoms with Gasteiger partial charge in [-0.05, 0) is 48.7 Å². The number of hydrogen-bond donors (Lipinski definition) is 2. The van der Waals surface area contributed by atoms with E-state index in [0.29, 0.717) is 16.3 Å². The number of nitrogens with zero attached hydrogens (tertiary/aromatic N) is 1. The number of nitrogens with one attached hydrogen (secondary N) is 2. The zero-order chi connectivity index (χ0) is 24.4. The van der Waals surface area contributed by atoms with Crippen molar-refractivity contribution in [3.8, 4) is 5.75 Å². The summed E-state index contributed by atoms with van der Waals surface area (Å²) in [6.45, 7) is 5.38. The first-order valence-corrected chi connectivity index (χ1v) is 10.9. The van der Waals surface area contributed by atoms with Gasteiger partial charge in [-0.3, -0.25) is 9.59 Å². The van der Waals surface area contributed by atoms with Crippen LogP contribution in [0.4, 0.5) is 0 Å². The maximum atomic E-state index is 12.6. The molecule has 8 nitrogen and oxygen atoms in total. The minimum atomic E-state index is -0.830. The lowest BCUT2D eigenvalue weighted by Crippen LogP contribution is -2.48. The number of ether oxygens (including phenoxy) is 2. The lowest BCUT2D eigenvalue weighted by atomic mass is 10.0. The molecular weight excluding hydrogens is 469 g/mol. The number of amides is 2. The van der Waals surface area contributed by atoms with Crippen molar-refractivity contribution in [3.05, 3.63) is 63.6 Å². The van der Waals surface area contributed by atoms with Crippen molar-refractivity contribution in [2.45, 2.75) is 26.8 Å². The van der Waals surface area contributed by atoms with Crippen molar-refractivity contribution in [1.82, 2.24) is 10.7 Å². The summed E-state index contributed by atoms with van der Waals surface area (Å²) in [5.74, 6) is -1.16. The Morgan fingerprint density at radius 3 is 2.52 bits per heavy atom. The van der Waals surface area contributed by atoms with Gasteiger partial charge in [-0.2, -0.15) is 5.10 Å². The summed E-state index contributed by atoms with van der Waals surface area (Å²) in [6.07, 6.45) is 1.42. The average Bonchev–Trinajstić information content (AvgIpc) is 2.78. The summed E-state index contributed by atoms with van der Waals surface area (Å²) >= 11 is 11.8. The standard InChI is InChI=1S/C23H25Cl2N3O5/c1-4-32-20(29)13-33-17-7-5-6-15(10-17)12-26-28-23(31)21(14(2)3)27-22(30)16-8-9-18(24)19(25)11-16/h5-12,14,21H,4,13H2,1-3H3,(H,27,30)(H,28,31)/b26-12+. The quantitative estimate of drug-likeness (QED) is 0.297. The number of carbonyl (C=O) groups excluding carboxylic acids is 3. The van der Waals surface area contributed by atoms with Gasteiger partial charge >= 0.3 is 5.97 Å². The maximum Gasteiger partial charge on any atom is 0.344 e. The van der Waals surface area contributed by atoms with Crippen LogP contribution >= 0.6 is 23.2 Å². The predicted octanol–water partition coefficient (Wildman–Crippen LogP) is 3.84. The van der Waals surface area contributed by atoms with E-state index in [0.717, 1.165) is 0 Å². The highest BCUT2D eigenvalue weighted by molar-refractivity contribution is 6.42. The van der Waals surface area contributed by atoms with Gasteiger partial charge in [0.05, 0.1) is 22.9 Å². The Labute approximate surface area is 202 Å². The summed E-state index contributed by atoms with van der Waals surface area (Å²) in [4.78, 5) is 36.5. The third kappa shape index (κ3) is 8.40. The Kier molecular flexibility index (Phi) is 10.2. The van der Waals surface area contributed by atoms with E-state index >= 15 is 0 Å². The molecule has 0 heterocycles. The minimum absolute atomic E-state index is 0.202. The van der Waals surface area contributed by atoms with E-state index in [9.17, 15) is 14.4 Å². The zero-order valence-corrected chi connectivity index (χ0v) is 19.9. The fourth-order valence-corrected chi connectivity index (χ4v) is 2.96. The second kappa shape index (κ2) is 12.8. The van der Waals surface area contributed by atoms with Gasteiger partial charge in [-0.15, -0.1) is 0 Å². The van der Waals surface area contributed by atoms with Crippen LogP contribution in [0.3, 0.4) is 0 Å². The molecule has 0 radical (unpaired) electrons. The summed E-state index contributed by atoms with van der Waals surface area (Å²) in [7, 11) is 0. The molecule has 2 aromatic carbocycles. The third-order valence-corrected chi connectivity index (χ3v) is 5.07. The number of rotatable bonds is 10. The Hall–Kier alpha value is -3.10. The van der Waals surface area contributed by atoms with Crippen molar-refractivity contribution in [2.24, 2.45) is 11.0 Å². The SMILES string of the molecule is CCOC(=O)COc1cccc(/C=N/NC(=O)C(NC(=O)c2ccc(Cl)c(Cl)c2)C(C)C)c1. The van der Waals surface area contributed by atoms with E-state index in [1.54, 1.807) is 45.0 Å². The van der Waals surface area contributed by atoms with E-state index in [-0.39, 0.29) is 29.7 Å². The maximum absolute atomic E-state index is 12.6. The molecule has 0 spiro atoms. The molecule has 1 atom stereocenters. The number of hydrazone groups is 1. The third-order valence-electron chi connectivity index (χ3n) is 4.33. The largest absolute Gasteiger partial charge is 0.482 e. The Balaban J connectivity index is 1.97. The summed E-state index contributed by atoms with van der Waals surface area (Å²) in [5, 5.41) is 7.21. The number of esters is 1. The lowest BCUT2D eigenvalue weighted by Gasteiger charge is -2.20. The second-order valence-electron chi connectivity index (χ2n) is 7.22. The molecule has 2 aromatic rings. The topological polar surface area (TPSA) is 106 Å². The Morgan fingerprint density at radius 2 is 1.85 bits per heavy atom. The average molecular weight is 494 g/mol. The molecular formula is C23H25Cl2N3O5. The molecule has 176 valence electrons. The van der Waals surface area contributed by atoms with Crippen LogP contribution < -0.4 is 15.5 Å². The van der Waals surface area contributed by atoms with Crippen LogP contribution in [-0.2, 0) is 14.3 Å². The van der Waals surface area contributed by atoms with Gasteiger partial charge in [0.2, 0.25) is 0 Å². The van der Waals surface area contributed by atoms with Crippen LogP contribution in [0.25, 0.3) is 0 Å². The molecule has 0 fully saturated rings. The molecule has 0 saturated carbocycles. The first-order valence-electron chi connectivity index (χ1n) is 10.2. The highest BCUT2D eigenvalue weighted by Gasteiger charge is 2.24. The van der Waals surface area contributed by atoms with Gasteiger partial charge in [0, 0.05) is 5.56 Å². The van der Waals surface area contributed by atoms with Crippen molar-refractivity contribution in [2.75, 3.05) is 13.2 Å². The molecule has 0 aliphatic rings. The molecule has 1 unspecified atom stereocenters. The number of benzene rings is 2. The van der Waals surface area contributed by atoms with Gasteiger partial charge in [-0.25, -0.2) is 10.2 Å². The van der Waals surface area contributed by atoms with Crippen molar-refractivity contribution >= 4 is 47.2 Å². The van der Waals surface area contributed by atoms with Crippen LogP contribution in [0.1, 0.15) is 36.7 Å². The highest BCUT2D eigenvalue weighted by atomic mass is 35.5. The predicted molar refractivity (Wildman–Crippen MR) is 127 cm³/mol. The molecule has 33 heavy (non-hydrogen) atoms. The summed E-state index contributed by atoms with van der Waals surface area (Å²) in [6, 6.07) is 10.4. The van der Waals surface area contributed by atoms with Crippen LogP contribution in [0.2, 0.25) is 10.0 Å². The zero-order valence-electron chi connectivity index (χ0n) is 18.4. The Morgan fingerprint density at radius 1 is 1.09 bits per heavy atom. The Bertz CT molecular complexity index is 1030. The second-order valence-corrected chi connectivity index (χ2v) is 8.04. The van der Waals surface area contributed by atoms with Gasteiger partial charge in [0.1, 0.15) is 11.8 Å². The van der Waals surface area contributed by atoms with Crippen molar-refractivity contribution < 1.29 is 23.9 Å². The molecule has 0 aliphatic heterocycles. The van der Waals surface area contributed by atoms with Crippen molar-refractivity contribution in [3.63, 3.8) is 0 Å². The van der Waals surface area contributed by atoms with Crippen LogP contribution in [0, 0.1) is 5.92 Å². The number of halogens is 2. The summed E-state index contributed by atoms with van der Waals surface area (Å²) < 4.78 is 10.2. The van der Waals surface area contributed by atoms with E-state index in [1.165, 1.54) is 24.4 Å². The van der Waals surface area contributed by atoms with Crippen LogP contribution in [-0.4, -0.2) is 43.3 Å². The monoisotopic (exact) mass is 493 g/mol. The summed E-state index contributed by atoms with van der Waals surface area (Å²) in [5.41, 5.74) is 3.35. The molecule has 0 bridgehead atoms. The van der Waals surface area contributed by atoms with Gasteiger partial charge in [0.25, 0.3) is 11.8 Å². The van der Waals surface area contributed by atoms with E-state index in [1.807, 2.05) is 0 Å². The molecule has 0 aromatic heterocycles. The van der Waals surface area contributed by atoms with E-state index < -0.39 is 23.8 Å².